The molecule has 1 fully saturated rings. The van der Waals surface area contributed by atoms with Crippen LogP contribution < -0.4 is 19.7 Å². The maximum atomic E-state index is 13.6. The lowest BCUT2D eigenvalue weighted by Crippen LogP contribution is -2.67. The minimum Gasteiger partial charge on any atom is -0.497 e. The number of thiophene rings is 1. The zero-order valence-corrected chi connectivity index (χ0v) is 16.9. The van der Waals surface area contributed by atoms with Crippen LogP contribution in [-0.4, -0.2) is 26.0 Å². The Morgan fingerprint density at radius 3 is 2.41 bits per heavy atom. The van der Waals surface area contributed by atoms with E-state index in [-0.39, 0.29) is 18.2 Å². The van der Waals surface area contributed by atoms with Crippen LogP contribution in [0.25, 0.3) is 0 Å². The summed E-state index contributed by atoms with van der Waals surface area (Å²) in [5.41, 5.74) is 0.0938. The Morgan fingerprint density at radius 1 is 1.03 bits per heavy atom. The predicted molar refractivity (Wildman–Crippen MR) is 113 cm³/mol. The van der Waals surface area contributed by atoms with Crippen molar-refractivity contribution in [2.45, 2.75) is 12.0 Å². The maximum absolute atomic E-state index is 13.6. The lowest BCUT2D eigenvalue weighted by molar-refractivity contribution is -0.137. The third kappa shape index (κ3) is 3.13. The first-order chi connectivity index (χ1) is 14.1. The number of benzene rings is 2. The molecule has 4 rings (SSSR count). The number of amides is 2. The van der Waals surface area contributed by atoms with Gasteiger partial charge in [0.05, 0.1) is 26.3 Å². The Balaban J connectivity index is 1.75. The van der Waals surface area contributed by atoms with E-state index in [0.717, 1.165) is 4.88 Å². The first-order valence-electron chi connectivity index (χ1n) is 9.05. The van der Waals surface area contributed by atoms with Gasteiger partial charge in [0.25, 0.3) is 5.91 Å². The molecule has 7 heteroatoms. The van der Waals surface area contributed by atoms with Gasteiger partial charge in [0.1, 0.15) is 11.5 Å². The molecule has 1 aliphatic rings. The largest absolute Gasteiger partial charge is 0.497 e. The first kappa shape index (κ1) is 19.0. The van der Waals surface area contributed by atoms with Gasteiger partial charge in [-0.2, -0.15) is 0 Å². The molecule has 2 heterocycles. The van der Waals surface area contributed by atoms with Crippen LogP contribution in [0.5, 0.6) is 11.5 Å². The minimum atomic E-state index is -1.11. The Bertz CT molecular complexity index is 1030. The van der Waals surface area contributed by atoms with Crippen LogP contribution in [0.3, 0.4) is 0 Å². The molecule has 1 atom stereocenters. The van der Waals surface area contributed by atoms with Crippen LogP contribution in [0.4, 0.5) is 11.4 Å². The summed E-state index contributed by atoms with van der Waals surface area (Å²) >= 11 is 1.45. The number of hydrogen-bond acceptors (Lipinski definition) is 5. The standard InChI is InChI=1S/C22H20N2O4S/c1-27-16-11-9-15(10-12-16)24-20(25)14-22(24,19-8-5-13-29-19)21(26)23-17-6-3-4-7-18(17)28-2/h3-13H,14H2,1-2H3,(H,23,26)/t22-/m1/s1. The molecule has 1 aromatic heterocycles. The van der Waals surface area contributed by atoms with E-state index < -0.39 is 5.54 Å². The summed E-state index contributed by atoms with van der Waals surface area (Å²) in [5.74, 6) is 0.851. The average molecular weight is 408 g/mol. The van der Waals surface area contributed by atoms with E-state index in [0.29, 0.717) is 22.9 Å². The maximum Gasteiger partial charge on any atom is 0.256 e. The first-order valence-corrected chi connectivity index (χ1v) is 9.93. The van der Waals surface area contributed by atoms with Gasteiger partial charge in [-0.3, -0.25) is 14.5 Å². The van der Waals surface area contributed by atoms with Crippen LogP contribution in [-0.2, 0) is 15.1 Å². The number of carbonyl (C=O) groups excluding carboxylic acids is 2. The van der Waals surface area contributed by atoms with Gasteiger partial charge < -0.3 is 14.8 Å². The van der Waals surface area contributed by atoms with Crippen LogP contribution in [0.15, 0.2) is 66.0 Å². The van der Waals surface area contributed by atoms with Gasteiger partial charge in [0.2, 0.25) is 5.91 Å². The molecule has 0 bridgehead atoms. The number of carbonyl (C=O) groups is 2. The number of nitrogens with one attached hydrogen (secondary N) is 1. The SMILES string of the molecule is COc1ccc(N2C(=O)C[C@]2(C(=O)Nc2ccccc2OC)c2cccs2)cc1. The highest BCUT2D eigenvalue weighted by Crippen LogP contribution is 2.47. The fourth-order valence-corrected chi connectivity index (χ4v) is 4.48. The molecule has 0 aliphatic carbocycles. The zero-order valence-electron chi connectivity index (χ0n) is 16.0. The van der Waals surface area contributed by atoms with Crippen molar-refractivity contribution in [3.05, 3.63) is 70.9 Å². The van der Waals surface area contributed by atoms with E-state index in [2.05, 4.69) is 5.32 Å². The molecule has 0 spiro atoms. The highest BCUT2D eigenvalue weighted by Gasteiger charge is 2.59. The third-order valence-electron chi connectivity index (χ3n) is 5.03. The van der Waals surface area contributed by atoms with Crippen molar-refractivity contribution in [2.75, 3.05) is 24.4 Å². The fraction of sp³-hybridized carbons (Fsp3) is 0.182. The van der Waals surface area contributed by atoms with Gasteiger partial charge in [-0.15, -0.1) is 11.3 Å². The highest BCUT2D eigenvalue weighted by molar-refractivity contribution is 7.10. The van der Waals surface area contributed by atoms with Gasteiger partial charge in [-0.05, 0) is 47.8 Å². The molecule has 2 aromatic carbocycles. The van der Waals surface area contributed by atoms with E-state index in [1.54, 1.807) is 55.5 Å². The summed E-state index contributed by atoms with van der Waals surface area (Å²) in [5, 5.41) is 4.86. The minimum absolute atomic E-state index is 0.0977. The molecule has 3 aromatic rings. The number of β-lactam (4-membered cyclic amide) rings is 1. The molecule has 1 saturated heterocycles. The molecule has 0 unspecified atom stereocenters. The van der Waals surface area contributed by atoms with Gasteiger partial charge in [-0.25, -0.2) is 0 Å². The van der Waals surface area contributed by atoms with Gasteiger partial charge >= 0.3 is 0 Å². The Labute approximate surface area is 172 Å². The van der Waals surface area contributed by atoms with E-state index in [4.69, 9.17) is 9.47 Å². The summed E-state index contributed by atoms with van der Waals surface area (Å²) in [6, 6.07) is 18.1. The van der Waals surface area contributed by atoms with Crippen LogP contribution >= 0.6 is 11.3 Å². The zero-order chi connectivity index (χ0) is 20.4. The van der Waals surface area contributed by atoms with Crippen molar-refractivity contribution in [3.8, 4) is 11.5 Å². The van der Waals surface area contributed by atoms with Crippen molar-refractivity contribution >= 4 is 34.5 Å². The fourth-order valence-electron chi connectivity index (χ4n) is 3.57. The topological polar surface area (TPSA) is 67.9 Å². The van der Waals surface area contributed by atoms with Crippen molar-refractivity contribution < 1.29 is 19.1 Å². The van der Waals surface area contributed by atoms with E-state index in [1.807, 2.05) is 29.6 Å². The summed E-state index contributed by atoms with van der Waals surface area (Å²) in [6.45, 7) is 0. The second kappa shape index (κ2) is 7.60. The molecular formula is C22H20N2O4S. The molecule has 0 radical (unpaired) electrons. The smallest absolute Gasteiger partial charge is 0.256 e. The van der Waals surface area contributed by atoms with E-state index in [1.165, 1.54) is 11.3 Å². The lowest BCUT2D eigenvalue weighted by atomic mass is 9.80. The summed E-state index contributed by atoms with van der Waals surface area (Å²) in [7, 11) is 3.14. The molecule has 2 amide bonds. The molecule has 148 valence electrons. The second-order valence-electron chi connectivity index (χ2n) is 6.60. The lowest BCUT2D eigenvalue weighted by Gasteiger charge is -2.49. The number of hydrogen-bond donors (Lipinski definition) is 1. The number of methoxy groups -OCH3 is 2. The Kier molecular flexibility index (Phi) is 4.98. The van der Waals surface area contributed by atoms with Gasteiger partial charge in [0, 0.05) is 10.6 Å². The number of nitrogens with zero attached hydrogens (tertiary/aromatic N) is 1. The Hall–Kier alpha value is -3.32. The van der Waals surface area contributed by atoms with Gasteiger partial charge in [0.15, 0.2) is 5.54 Å². The highest BCUT2D eigenvalue weighted by atomic mass is 32.1. The molecule has 1 aliphatic heterocycles. The predicted octanol–water partition coefficient (Wildman–Crippen LogP) is 4.04. The second-order valence-corrected chi connectivity index (χ2v) is 7.54. The van der Waals surface area contributed by atoms with E-state index in [9.17, 15) is 9.59 Å². The van der Waals surface area contributed by atoms with Crippen LogP contribution in [0, 0.1) is 0 Å². The quantitative estimate of drug-likeness (QED) is 0.625. The van der Waals surface area contributed by atoms with Crippen LogP contribution in [0.2, 0.25) is 0 Å². The summed E-state index contributed by atoms with van der Waals surface area (Å²) in [6.07, 6.45) is 0.0977. The normalized spacial score (nSPS) is 18.1. The summed E-state index contributed by atoms with van der Waals surface area (Å²) in [4.78, 5) is 28.6. The monoisotopic (exact) mass is 408 g/mol. The van der Waals surface area contributed by atoms with E-state index >= 15 is 0 Å². The Morgan fingerprint density at radius 2 is 1.79 bits per heavy atom. The van der Waals surface area contributed by atoms with Crippen molar-refractivity contribution in [1.29, 1.82) is 0 Å². The van der Waals surface area contributed by atoms with Gasteiger partial charge in [-0.1, -0.05) is 18.2 Å². The number of rotatable bonds is 6. The average Bonchev–Trinajstić information content (AvgIpc) is 3.27. The molecular weight excluding hydrogens is 388 g/mol. The number of para-hydroxylation sites is 2. The van der Waals surface area contributed by atoms with Crippen molar-refractivity contribution in [1.82, 2.24) is 0 Å². The molecule has 6 nitrogen and oxygen atoms in total. The van der Waals surface area contributed by atoms with Crippen molar-refractivity contribution in [2.24, 2.45) is 0 Å². The van der Waals surface area contributed by atoms with Crippen LogP contribution in [0.1, 0.15) is 11.3 Å². The molecule has 0 saturated carbocycles. The number of ether oxygens (including phenoxy) is 2. The third-order valence-corrected chi connectivity index (χ3v) is 6.05. The molecule has 1 N–H and O–H groups in total. The summed E-state index contributed by atoms with van der Waals surface area (Å²) < 4.78 is 10.6. The number of anilines is 2. The molecule has 29 heavy (non-hydrogen) atoms. The van der Waals surface area contributed by atoms with Crippen molar-refractivity contribution in [3.63, 3.8) is 0 Å².